The Morgan fingerprint density at radius 2 is 1.62 bits per heavy atom. The molecule has 0 bridgehead atoms. The predicted molar refractivity (Wildman–Crippen MR) is 115 cm³/mol. The standard InChI is InChI=1S/C23H21N3O2S/c1-28-20-14-12-17(13-15-20)21(16-27)24-23-25-22(18-8-4-2-5-9-18)26(29-23)19-10-6-3-7-11-19/h2-15,21,27H,16H2,1H3. The number of benzene rings is 3. The van der Waals surface area contributed by atoms with Gasteiger partial charge < -0.3 is 9.84 Å². The van der Waals surface area contributed by atoms with Gasteiger partial charge in [-0.15, -0.1) is 0 Å². The number of rotatable bonds is 6. The van der Waals surface area contributed by atoms with Crippen LogP contribution in [0, 0.1) is 0 Å². The molecular formula is C23H21N3O2S. The van der Waals surface area contributed by atoms with Gasteiger partial charge in [0.2, 0.25) is 4.80 Å². The van der Waals surface area contributed by atoms with Crippen LogP contribution in [-0.4, -0.2) is 27.8 Å². The van der Waals surface area contributed by atoms with Gasteiger partial charge in [-0.3, -0.25) is 0 Å². The van der Waals surface area contributed by atoms with Crippen molar-refractivity contribution in [2.75, 3.05) is 13.7 Å². The van der Waals surface area contributed by atoms with Crippen LogP contribution in [0.4, 0.5) is 0 Å². The number of aliphatic hydroxyl groups excluding tert-OH is 1. The maximum Gasteiger partial charge on any atom is 0.223 e. The molecular weight excluding hydrogens is 382 g/mol. The van der Waals surface area contributed by atoms with E-state index in [-0.39, 0.29) is 12.6 Å². The molecule has 0 radical (unpaired) electrons. The van der Waals surface area contributed by atoms with Crippen LogP contribution in [0.3, 0.4) is 0 Å². The molecule has 4 rings (SSSR count). The topological polar surface area (TPSA) is 59.6 Å². The van der Waals surface area contributed by atoms with Crippen molar-refractivity contribution in [3.05, 3.63) is 95.3 Å². The Bertz CT molecular complexity index is 1060. The van der Waals surface area contributed by atoms with Crippen LogP contribution in [0.2, 0.25) is 0 Å². The van der Waals surface area contributed by atoms with Gasteiger partial charge in [0.15, 0.2) is 5.82 Å². The number of hydrogen-bond acceptors (Lipinski definition) is 5. The highest BCUT2D eigenvalue weighted by atomic mass is 32.1. The first-order valence-electron chi connectivity index (χ1n) is 9.28. The van der Waals surface area contributed by atoms with E-state index < -0.39 is 0 Å². The van der Waals surface area contributed by atoms with Gasteiger partial charge in [-0.1, -0.05) is 60.7 Å². The van der Waals surface area contributed by atoms with E-state index in [9.17, 15) is 5.11 Å². The number of methoxy groups -OCH3 is 1. The van der Waals surface area contributed by atoms with Gasteiger partial charge in [0.25, 0.3) is 0 Å². The van der Waals surface area contributed by atoms with Gasteiger partial charge in [-0.25, -0.2) is 8.95 Å². The summed E-state index contributed by atoms with van der Waals surface area (Å²) in [5.41, 5.74) is 2.95. The van der Waals surface area contributed by atoms with Gasteiger partial charge in [-0.05, 0) is 41.4 Å². The molecule has 3 aromatic carbocycles. The van der Waals surface area contributed by atoms with Crippen molar-refractivity contribution in [2.45, 2.75) is 6.04 Å². The van der Waals surface area contributed by atoms with Crippen molar-refractivity contribution >= 4 is 11.5 Å². The molecule has 0 spiro atoms. The van der Waals surface area contributed by atoms with E-state index in [2.05, 4.69) is 3.96 Å². The largest absolute Gasteiger partial charge is 0.497 e. The van der Waals surface area contributed by atoms with E-state index in [0.717, 1.165) is 28.4 Å². The summed E-state index contributed by atoms with van der Waals surface area (Å²) in [5.74, 6) is 1.60. The molecule has 146 valence electrons. The summed E-state index contributed by atoms with van der Waals surface area (Å²) in [6, 6.07) is 27.3. The lowest BCUT2D eigenvalue weighted by molar-refractivity contribution is 0.267. The van der Waals surface area contributed by atoms with Gasteiger partial charge >= 0.3 is 0 Å². The zero-order valence-corrected chi connectivity index (χ0v) is 16.8. The molecule has 0 saturated heterocycles. The van der Waals surface area contributed by atoms with Crippen LogP contribution < -0.4 is 9.54 Å². The lowest BCUT2D eigenvalue weighted by atomic mass is 10.1. The van der Waals surface area contributed by atoms with Gasteiger partial charge in [0.1, 0.15) is 11.8 Å². The Balaban J connectivity index is 1.80. The van der Waals surface area contributed by atoms with E-state index in [1.54, 1.807) is 7.11 Å². The minimum absolute atomic E-state index is 0.0993. The summed E-state index contributed by atoms with van der Waals surface area (Å²) in [7, 11) is 1.63. The minimum atomic E-state index is -0.389. The number of aromatic nitrogens is 2. The van der Waals surface area contributed by atoms with E-state index in [0.29, 0.717) is 4.80 Å². The Morgan fingerprint density at radius 3 is 2.24 bits per heavy atom. The highest BCUT2D eigenvalue weighted by molar-refractivity contribution is 7.04. The van der Waals surface area contributed by atoms with Crippen molar-refractivity contribution in [3.63, 3.8) is 0 Å². The Kier molecular flexibility index (Phi) is 5.84. The number of ether oxygens (including phenoxy) is 1. The fraction of sp³-hybridized carbons (Fsp3) is 0.130. The summed E-state index contributed by atoms with van der Waals surface area (Å²) < 4.78 is 7.28. The zero-order valence-electron chi connectivity index (χ0n) is 16.0. The number of aliphatic hydroxyl groups is 1. The molecule has 0 aliphatic carbocycles. The summed E-state index contributed by atoms with van der Waals surface area (Å²) in [4.78, 5) is 10.1. The fourth-order valence-corrected chi connectivity index (χ4v) is 3.95. The molecule has 0 fully saturated rings. The Hall–Kier alpha value is -3.22. The molecule has 5 nitrogen and oxygen atoms in total. The van der Waals surface area contributed by atoms with E-state index in [1.165, 1.54) is 11.5 Å². The average Bonchev–Trinajstić information content (AvgIpc) is 3.23. The first kappa shape index (κ1) is 19.1. The molecule has 1 atom stereocenters. The molecule has 1 unspecified atom stereocenters. The van der Waals surface area contributed by atoms with Crippen LogP contribution >= 0.6 is 11.5 Å². The van der Waals surface area contributed by atoms with E-state index in [1.807, 2.05) is 84.9 Å². The van der Waals surface area contributed by atoms with E-state index >= 15 is 0 Å². The SMILES string of the molecule is COc1ccc(C(CO)N=c2nc(-c3ccccc3)n(-c3ccccc3)s2)cc1. The fourth-order valence-electron chi connectivity index (χ4n) is 3.02. The smallest absolute Gasteiger partial charge is 0.223 e. The summed E-state index contributed by atoms with van der Waals surface area (Å²) in [6.07, 6.45) is 0. The summed E-state index contributed by atoms with van der Waals surface area (Å²) >= 11 is 1.46. The van der Waals surface area contributed by atoms with E-state index in [4.69, 9.17) is 14.7 Å². The first-order valence-corrected chi connectivity index (χ1v) is 10.1. The Morgan fingerprint density at radius 1 is 0.966 bits per heavy atom. The second kappa shape index (κ2) is 8.86. The number of nitrogens with zero attached hydrogens (tertiary/aromatic N) is 3. The quantitative estimate of drug-likeness (QED) is 0.524. The third-order valence-electron chi connectivity index (χ3n) is 4.53. The highest BCUT2D eigenvalue weighted by Gasteiger charge is 2.13. The first-order chi connectivity index (χ1) is 14.3. The third kappa shape index (κ3) is 4.29. The molecule has 0 amide bonds. The number of para-hydroxylation sites is 1. The van der Waals surface area contributed by atoms with Crippen molar-refractivity contribution in [2.24, 2.45) is 4.99 Å². The monoisotopic (exact) mass is 403 g/mol. The maximum atomic E-state index is 9.92. The third-order valence-corrected chi connectivity index (χ3v) is 5.46. The normalized spacial score (nSPS) is 12.7. The van der Waals surface area contributed by atoms with Crippen LogP contribution in [0.25, 0.3) is 17.1 Å². The lowest BCUT2D eigenvalue weighted by Gasteiger charge is -2.09. The lowest BCUT2D eigenvalue weighted by Crippen LogP contribution is -2.08. The van der Waals surface area contributed by atoms with Crippen LogP contribution in [-0.2, 0) is 0 Å². The zero-order chi connectivity index (χ0) is 20.1. The van der Waals surface area contributed by atoms with Gasteiger partial charge in [0.05, 0.1) is 19.4 Å². The molecule has 6 heteroatoms. The molecule has 0 aliphatic rings. The van der Waals surface area contributed by atoms with Crippen molar-refractivity contribution in [3.8, 4) is 22.8 Å². The van der Waals surface area contributed by atoms with Crippen LogP contribution in [0.5, 0.6) is 5.75 Å². The molecule has 29 heavy (non-hydrogen) atoms. The molecule has 1 aromatic heterocycles. The van der Waals surface area contributed by atoms with Crippen molar-refractivity contribution in [1.82, 2.24) is 8.94 Å². The second-order valence-corrected chi connectivity index (χ2v) is 7.32. The maximum absolute atomic E-state index is 9.92. The average molecular weight is 404 g/mol. The second-order valence-electron chi connectivity index (χ2n) is 6.41. The molecule has 1 N–H and O–H groups in total. The molecule has 1 heterocycles. The van der Waals surface area contributed by atoms with Crippen LogP contribution in [0.15, 0.2) is 89.9 Å². The van der Waals surface area contributed by atoms with Crippen LogP contribution in [0.1, 0.15) is 11.6 Å². The summed E-state index contributed by atoms with van der Waals surface area (Å²) in [5, 5.41) is 9.92. The number of hydrogen-bond donors (Lipinski definition) is 1. The van der Waals surface area contributed by atoms with Gasteiger partial charge in [-0.2, -0.15) is 4.98 Å². The predicted octanol–water partition coefficient (Wildman–Crippen LogP) is 4.24. The Labute approximate surface area is 173 Å². The highest BCUT2D eigenvalue weighted by Crippen LogP contribution is 2.23. The minimum Gasteiger partial charge on any atom is -0.497 e. The van der Waals surface area contributed by atoms with Crippen molar-refractivity contribution < 1.29 is 9.84 Å². The van der Waals surface area contributed by atoms with Crippen molar-refractivity contribution in [1.29, 1.82) is 0 Å². The van der Waals surface area contributed by atoms with Gasteiger partial charge in [0, 0.05) is 5.56 Å². The molecule has 4 aromatic rings. The molecule has 0 aliphatic heterocycles. The molecule has 0 saturated carbocycles. The summed E-state index contributed by atoms with van der Waals surface area (Å²) in [6.45, 7) is -0.0993.